The van der Waals surface area contributed by atoms with Gasteiger partial charge in [-0.1, -0.05) is 61.9 Å². The van der Waals surface area contributed by atoms with Crippen LogP contribution in [0, 0.1) is 0 Å². The van der Waals surface area contributed by atoms with Crippen molar-refractivity contribution in [2.45, 2.75) is 38.9 Å². The molecule has 0 aliphatic rings. The second-order valence-electron chi connectivity index (χ2n) is 9.77. The van der Waals surface area contributed by atoms with Crippen LogP contribution in [0.25, 0.3) is 27.4 Å². The summed E-state index contributed by atoms with van der Waals surface area (Å²) >= 11 is 0. The Morgan fingerprint density at radius 2 is 1.65 bits per heavy atom. The number of para-hydroxylation sites is 1. The van der Waals surface area contributed by atoms with Crippen LogP contribution in [0.15, 0.2) is 95.8 Å². The van der Waals surface area contributed by atoms with E-state index in [2.05, 4.69) is 0 Å². The Morgan fingerprint density at radius 1 is 0.925 bits per heavy atom. The van der Waals surface area contributed by atoms with Gasteiger partial charge in [-0.15, -0.1) is 0 Å². The van der Waals surface area contributed by atoms with E-state index in [-0.39, 0.29) is 17.7 Å². The molecule has 0 N–H and O–H groups in total. The van der Waals surface area contributed by atoms with Gasteiger partial charge in [0.15, 0.2) is 0 Å². The average Bonchev–Trinajstić information content (AvgIpc) is 2.96. The van der Waals surface area contributed by atoms with Gasteiger partial charge in [-0.2, -0.15) is 13.2 Å². The van der Waals surface area contributed by atoms with Crippen LogP contribution >= 0.6 is 0 Å². The summed E-state index contributed by atoms with van der Waals surface area (Å²) in [5, 5.41) is 2.37. The number of carbonyl (C=O) groups is 1. The molecule has 204 valence electrons. The van der Waals surface area contributed by atoms with Crippen molar-refractivity contribution in [1.29, 1.82) is 0 Å². The number of fused-ring (bicyclic) bond motifs is 2. The number of carbonyl (C=O) groups excluding carboxylic acids is 1. The third-order valence-electron chi connectivity index (χ3n) is 7.08. The highest BCUT2D eigenvalue weighted by Crippen LogP contribution is 2.31. The summed E-state index contributed by atoms with van der Waals surface area (Å²) < 4.78 is 41.8. The number of amides is 1. The van der Waals surface area contributed by atoms with E-state index in [0.29, 0.717) is 28.8 Å². The van der Waals surface area contributed by atoms with Crippen molar-refractivity contribution >= 4 is 27.6 Å². The largest absolute Gasteiger partial charge is 0.416 e. The topological polar surface area (TPSA) is 55.2 Å². The first-order valence-electron chi connectivity index (χ1n) is 13.2. The minimum Gasteiger partial charge on any atom is -0.329 e. The van der Waals surface area contributed by atoms with E-state index in [9.17, 15) is 22.8 Å². The van der Waals surface area contributed by atoms with Crippen molar-refractivity contribution in [2.24, 2.45) is 0 Å². The van der Waals surface area contributed by atoms with Crippen LogP contribution in [0.2, 0.25) is 0 Å². The molecule has 1 heterocycles. The van der Waals surface area contributed by atoms with Crippen LogP contribution in [0.3, 0.4) is 0 Å². The predicted molar refractivity (Wildman–Crippen MR) is 151 cm³/mol. The molecule has 0 aliphatic heterocycles. The Hall–Kier alpha value is -4.46. The van der Waals surface area contributed by atoms with Gasteiger partial charge in [-0.3, -0.25) is 14.2 Å². The Bertz CT molecular complexity index is 1760. The molecule has 1 aromatic heterocycles. The van der Waals surface area contributed by atoms with Crippen LogP contribution in [0.4, 0.5) is 13.2 Å². The maximum absolute atomic E-state index is 13.9. The Kier molecular flexibility index (Phi) is 7.43. The normalized spacial score (nSPS) is 12.5. The van der Waals surface area contributed by atoms with Crippen LogP contribution in [-0.4, -0.2) is 26.9 Å². The zero-order valence-electron chi connectivity index (χ0n) is 22.2. The fraction of sp³-hybridized carbons (Fsp3) is 0.219. The van der Waals surface area contributed by atoms with Crippen LogP contribution in [0.5, 0.6) is 0 Å². The van der Waals surface area contributed by atoms with Crippen molar-refractivity contribution in [2.75, 3.05) is 6.54 Å². The monoisotopic (exact) mass is 543 g/mol. The lowest BCUT2D eigenvalue weighted by molar-refractivity contribution is -0.137. The molecule has 0 aliphatic carbocycles. The van der Waals surface area contributed by atoms with E-state index in [1.54, 1.807) is 31.2 Å². The van der Waals surface area contributed by atoms with Gasteiger partial charge in [-0.25, -0.2) is 4.98 Å². The fourth-order valence-corrected chi connectivity index (χ4v) is 4.93. The van der Waals surface area contributed by atoms with Gasteiger partial charge >= 0.3 is 6.18 Å². The Morgan fingerprint density at radius 3 is 2.40 bits per heavy atom. The fourth-order valence-electron chi connectivity index (χ4n) is 4.93. The summed E-state index contributed by atoms with van der Waals surface area (Å²) in [4.78, 5) is 34.0. The molecule has 0 saturated heterocycles. The standard InChI is InChI=1S/C32H28F3N3O2/c1-3-4-18-37(30(39)24-12-9-13-25(19-24)32(33,34)35)21(2)29-36-28-15-8-7-14-27(28)31(40)38(29)26-17-16-22-10-5-6-11-23(22)20-26/h5-17,19-21H,3-4,18H2,1-2H3. The van der Waals surface area contributed by atoms with Crippen molar-refractivity contribution in [3.05, 3.63) is 118 Å². The lowest BCUT2D eigenvalue weighted by Crippen LogP contribution is -2.38. The predicted octanol–water partition coefficient (Wildman–Crippen LogP) is 7.56. The van der Waals surface area contributed by atoms with Crippen molar-refractivity contribution in [3.63, 3.8) is 0 Å². The number of hydrogen-bond donors (Lipinski definition) is 0. The molecule has 8 heteroatoms. The lowest BCUT2D eigenvalue weighted by Gasteiger charge is -2.31. The quantitative estimate of drug-likeness (QED) is 0.213. The number of aromatic nitrogens is 2. The second kappa shape index (κ2) is 11.0. The third kappa shape index (κ3) is 5.21. The third-order valence-corrected chi connectivity index (χ3v) is 7.08. The number of alkyl halides is 3. The molecule has 0 fully saturated rings. The molecule has 0 spiro atoms. The van der Waals surface area contributed by atoms with Crippen molar-refractivity contribution in [1.82, 2.24) is 14.5 Å². The van der Waals surface area contributed by atoms with Gasteiger partial charge in [0.1, 0.15) is 5.82 Å². The smallest absolute Gasteiger partial charge is 0.329 e. The van der Waals surface area contributed by atoms with E-state index in [1.807, 2.05) is 49.4 Å². The average molecular weight is 544 g/mol. The van der Waals surface area contributed by atoms with Crippen LogP contribution in [0.1, 0.15) is 54.5 Å². The minimum absolute atomic E-state index is 0.0711. The highest BCUT2D eigenvalue weighted by Gasteiger charge is 2.32. The number of nitrogens with zero attached hydrogens (tertiary/aromatic N) is 3. The van der Waals surface area contributed by atoms with E-state index >= 15 is 0 Å². The lowest BCUT2D eigenvalue weighted by atomic mass is 10.1. The molecule has 0 bridgehead atoms. The summed E-state index contributed by atoms with van der Waals surface area (Å²) in [6, 6.07) is 24.1. The van der Waals surface area contributed by atoms with E-state index in [4.69, 9.17) is 4.98 Å². The molecular formula is C32H28F3N3O2. The Labute approximate surface area is 229 Å². The van der Waals surface area contributed by atoms with Crippen LogP contribution in [-0.2, 0) is 6.18 Å². The first-order valence-corrected chi connectivity index (χ1v) is 13.2. The summed E-state index contributed by atoms with van der Waals surface area (Å²) in [5.74, 6) is -0.227. The maximum Gasteiger partial charge on any atom is 0.416 e. The van der Waals surface area contributed by atoms with Gasteiger partial charge in [0.05, 0.1) is 28.2 Å². The van der Waals surface area contributed by atoms with Gasteiger partial charge < -0.3 is 4.90 Å². The first-order chi connectivity index (χ1) is 19.2. The molecule has 5 aromatic rings. The van der Waals surface area contributed by atoms with Gasteiger partial charge in [-0.05, 0) is 66.6 Å². The zero-order valence-corrected chi connectivity index (χ0v) is 22.2. The molecule has 0 saturated carbocycles. The van der Waals surface area contributed by atoms with Crippen LogP contribution < -0.4 is 5.56 Å². The molecule has 1 unspecified atom stereocenters. The maximum atomic E-state index is 13.9. The summed E-state index contributed by atoms with van der Waals surface area (Å²) in [5.41, 5.74) is -0.180. The first kappa shape index (κ1) is 27.1. The highest BCUT2D eigenvalue weighted by molar-refractivity contribution is 5.94. The Balaban J connectivity index is 1.68. The van der Waals surface area contributed by atoms with Crippen molar-refractivity contribution in [3.8, 4) is 5.69 Å². The highest BCUT2D eigenvalue weighted by atomic mass is 19.4. The van der Waals surface area contributed by atoms with E-state index in [0.717, 1.165) is 29.3 Å². The summed E-state index contributed by atoms with van der Waals surface area (Å²) in [7, 11) is 0. The molecule has 1 amide bonds. The molecule has 5 nitrogen and oxygen atoms in total. The van der Waals surface area contributed by atoms with E-state index in [1.165, 1.54) is 21.6 Å². The van der Waals surface area contributed by atoms with Gasteiger partial charge in [0.25, 0.3) is 11.5 Å². The number of unbranched alkanes of at least 4 members (excludes halogenated alkanes) is 1. The second-order valence-corrected chi connectivity index (χ2v) is 9.77. The molecule has 1 atom stereocenters. The number of benzene rings is 4. The molecule has 5 rings (SSSR count). The zero-order chi connectivity index (χ0) is 28.4. The van der Waals surface area contributed by atoms with Gasteiger partial charge in [0.2, 0.25) is 0 Å². The summed E-state index contributed by atoms with van der Waals surface area (Å²) in [6.45, 7) is 4.01. The van der Waals surface area contributed by atoms with Gasteiger partial charge in [0, 0.05) is 12.1 Å². The van der Waals surface area contributed by atoms with Crippen molar-refractivity contribution < 1.29 is 18.0 Å². The number of halogens is 3. The van der Waals surface area contributed by atoms with E-state index < -0.39 is 23.7 Å². The molecule has 0 radical (unpaired) electrons. The molecule has 4 aromatic carbocycles. The number of rotatable bonds is 7. The SMILES string of the molecule is CCCCN(C(=O)c1cccc(C(F)(F)F)c1)C(C)c1nc2ccccc2c(=O)n1-c1ccc2ccccc2c1. The number of hydrogen-bond acceptors (Lipinski definition) is 3. The minimum atomic E-state index is -4.58. The summed E-state index contributed by atoms with van der Waals surface area (Å²) in [6.07, 6.45) is -3.18. The molecule has 40 heavy (non-hydrogen) atoms. The molecular weight excluding hydrogens is 515 g/mol.